The standard InChI is InChI=1S/C21H14ClF2N5O/c22-16-3-1-2-4-18(16)29-20(13-7-9-25-10-8-13)19(27-28-29)21(30)26-12-14-5-6-15(23)11-17(14)24/h1-11H,12H2,(H,26,30). The highest BCUT2D eigenvalue weighted by molar-refractivity contribution is 6.32. The molecule has 4 rings (SSSR count). The average molecular weight is 426 g/mol. The molecule has 0 aliphatic heterocycles. The Morgan fingerprint density at radius 3 is 2.57 bits per heavy atom. The summed E-state index contributed by atoms with van der Waals surface area (Å²) in [6.45, 7) is -0.139. The van der Waals surface area contributed by atoms with Gasteiger partial charge in [-0.1, -0.05) is 35.0 Å². The van der Waals surface area contributed by atoms with Crippen LogP contribution >= 0.6 is 11.6 Å². The van der Waals surface area contributed by atoms with E-state index in [4.69, 9.17) is 11.6 Å². The number of nitrogens with one attached hydrogen (secondary N) is 1. The first-order valence-corrected chi connectivity index (χ1v) is 9.25. The Labute approximate surface area is 175 Å². The Hall–Kier alpha value is -3.65. The summed E-state index contributed by atoms with van der Waals surface area (Å²) < 4.78 is 28.4. The maximum atomic E-state index is 13.9. The van der Waals surface area contributed by atoms with Crippen molar-refractivity contribution in [3.63, 3.8) is 0 Å². The number of nitrogens with zero attached hydrogens (tertiary/aromatic N) is 4. The molecule has 1 amide bonds. The number of halogens is 3. The number of amides is 1. The molecular formula is C21H14ClF2N5O. The Kier molecular flexibility index (Phi) is 5.49. The van der Waals surface area contributed by atoms with Crippen molar-refractivity contribution in [1.29, 1.82) is 0 Å². The summed E-state index contributed by atoms with van der Waals surface area (Å²) in [6, 6.07) is 13.6. The topological polar surface area (TPSA) is 72.7 Å². The van der Waals surface area contributed by atoms with Crippen molar-refractivity contribution in [3.8, 4) is 16.9 Å². The maximum Gasteiger partial charge on any atom is 0.274 e. The third kappa shape index (κ3) is 3.90. The van der Waals surface area contributed by atoms with Crippen molar-refractivity contribution in [3.05, 3.63) is 94.9 Å². The highest BCUT2D eigenvalue weighted by atomic mass is 35.5. The van der Waals surface area contributed by atoms with E-state index in [1.54, 1.807) is 48.8 Å². The number of carbonyl (C=O) groups is 1. The van der Waals surface area contributed by atoms with E-state index in [1.807, 2.05) is 0 Å². The van der Waals surface area contributed by atoms with E-state index in [0.717, 1.165) is 12.1 Å². The zero-order valence-electron chi connectivity index (χ0n) is 15.4. The van der Waals surface area contributed by atoms with Crippen LogP contribution in [0.3, 0.4) is 0 Å². The molecule has 0 bridgehead atoms. The van der Waals surface area contributed by atoms with E-state index in [2.05, 4.69) is 20.6 Å². The highest BCUT2D eigenvalue weighted by Gasteiger charge is 2.23. The molecule has 2 heterocycles. The van der Waals surface area contributed by atoms with Crippen LogP contribution in [0.2, 0.25) is 5.02 Å². The molecule has 0 saturated carbocycles. The molecule has 0 unspecified atom stereocenters. The molecule has 0 atom stereocenters. The van der Waals surface area contributed by atoms with Gasteiger partial charge < -0.3 is 5.32 Å². The van der Waals surface area contributed by atoms with Crippen LogP contribution < -0.4 is 5.32 Å². The fourth-order valence-electron chi connectivity index (χ4n) is 2.92. The fourth-order valence-corrected chi connectivity index (χ4v) is 3.14. The second kappa shape index (κ2) is 8.38. The van der Waals surface area contributed by atoms with Gasteiger partial charge in [-0.15, -0.1) is 5.10 Å². The first-order valence-electron chi connectivity index (χ1n) is 8.87. The summed E-state index contributed by atoms with van der Waals surface area (Å²) in [5.74, 6) is -2.00. The Morgan fingerprint density at radius 2 is 1.83 bits per heavy atom. The number of carbonyl (C=O) groups excluding carboxylic acids is 1. The van der Waals surface area contributed by atoms with Crippen LogP contribution in [-0.4, -0.2) is 25.9 Å². The van der Waals surface area contributed by atoms with E-state index in [-0.39, 0.29) is 17.8 Å². The van der Waals surface area contributed by atoms with Crippen molar-refractivity contribution in [2.75, 3.05) is 0 Å². The molecular weight excluding hydrogens is 412 g/mol. The fraction of sp³-hybridized carbons (Fsp3) is 0.0476. The molecule has 1 N–H and O–H groups in total. The zero-order valence-corrected chi connectivity index (χ0v) is 16.1. The van der Waals surface area contributed by atoms with E-state index < -0.39 is 17.5 Å². The van der Waals surface area contributed by atoms with Crippen LogP contribution in [0.1, 0.15) is 16.1 Å². The number of aromatic nitrogens is 4. The lowest BCUT2D eigenvalue weighted by molar-refractivity contribution is 0.0946. The van der Waals surface area contributed by atoms with E-state index in [1.165, 1.54) is 10.7 Å². The Morgan fingerprint density at radius 1 is 1.07 bits per heavy atom. The minimum Gasteiger partial charge on any atom is -0.346 e. The molecule has 0 radical (unpaired) electrons. The minimum atomic E-state index is -0.746. The van der Waals surface area contributed by atoms with Crippen LogP contribution in [0.5, 0.6) is 0 Å². The second-order valence-corrected chi connectivity index (χ2v) is 6.71. The number of hydrogen-bond acceptors (Lipinski definition) is 4. The lowest BCUT2D eigenvalue weighted by Gasteiger charge is -2.10. The predicted octanol–water partition coefficient (Wildman–Crippen LogP) is 4.19. The van der Waals surface area contributed by atoms with Gasteiger partial charge in [0, 0.05) is 36.1 Å². The van der Waals surface area contributed by atoms with Crippen molar-refractivity contribution in [1.82, 2.24) is 25.3 Å². The van der Waals surface area contributed by atoms with E-state index in [0.29, 0.717) is 22.0 Å². The molecule has 30 heavy (non-hydrogen) atoms. The normalized spacial score (nSPS) is 10.8. The van der Waals surface area contributed by atoms with Crippen molar-refractivity contribution >= 4 is 17.5 Å². The first-order chi connectivity index (χ1) is 14.5. The lowest BCUT2D eigenvalue weighted by Crippen LogP contribution is -2.24. The molecule has 6 nitrogen and oxygen atoms in total. The van der Waals surface area contributed by atoms with Gasteiger partial charge >= 0.3 is 0 Å². The summed E-state index contributed by atoms with van der Waals surface area (Å²) in [7, 11) is 0. The zero-order chi connectivity index (χ0) is 21.1. The van der Waals surface area contributed by atoms with Crippen LogP contribution in [0, 0.1) is 11.6 Å². The monoisotopic (exact) mass is 425 g/mol. The summed E-state index contributed by atoms with van der Waals surface area (Å²) in [4.78, 5) is 16.8. The summed E-state index contributed by atoms with van der Waals surface area (Å²) in [6.07, 6.45) is 3.16. The lowest BCUT2D eigenvalue weighted by atomic mass is 10.1. The second-order valence-electron chi connectivity index (χ2n) is 6.30. The number of rotatable bonds is 5. The van der Waals surface area contributed by atoms with E-state index >= 15 is 0 Å². The van der Waals surface area contributed by atoms with Crippen LogP contribution in [-0.2, 0) is 6.54 Å². The van der Waals surface area contributed by atoms with Crippen molar-refractivity contribution in [2.24, 2.45) is 0 Å². The predicted molar refractivity (Wildman–Crippen MR) is 107 cm³/mol. The van der Waals surface area contributed by atoms with Gasteiger partial charge in [0.1, 0.15) is 17.3 Å². The van der Waals surface area contributed by atoms with Gasteiger partial charge in [-0.25, -0.2) is 13.5 Å². The summed E-state index contributed by atoms with van der Waals surface area (Å²) in [5, 5.41) is 11.2. The molecule has 2 aromatic heterocycles. The molecule has 150 valence electrons. The molecule has 4 aromatic rings. The smallest absolute Gasteiger partial charge is 0.274 e. The van der Waals surface area contributed by atoms with Gasteiger partial charge in [-0.05, 0) is 30.3 Å². The number of para-hydroxylation sites is 1. The number of hydrogen-bond donors (Lipinski definition) is 1. The first kappa shape index (κ1) is 19.7. The third-order valence-corrected chi connectivity index (χ3v) is 4.69. The minimum absolute atomic E-state index is 0.0311. The molecule has 0 aliphatic carbocycles. The van der Waals surface area contributed by atoms with Crippen molar-refractivity contribution in [2.45, 2.75) is 6.54 Å². The van der Waals surface area contributed by atoms with E-state index in [9.17, 15) is 13.6 Å². The molecule has 0 saturated heterocycles. The maximum absolute atomic E-state index is 13.9. The van der Waals surface area contributed by atoms with Gasteiger partial charge in [0.05, 0.1) is 10.7 Å². The van der Waals surface area contributed by atoms with Gasteiger partial charge in [0.15, 0.2) is 5.69 Å². The van der Waals surface area contributed by atoms with Gasteiger partial charge in [-0.3, -0.25) is 9.78 Å². The molecule has 0 spiro atoms. The molecule has 9 heteroatoms. The Bertz CT molecular complexity index is 1210. The highest BCUT2D eigenvalue weighted by Crippen LogP contribution is 2.28. The number of pyridine rings is 1. The Balaban J connectivity index is 1.71. The van der Waals surface area contributed by atoms with Crippen molar-refractivity contribution < 1.29 is 13.6 Å². The largest absolute Gasteiger partial charge is 0.346 e. The third-order valence-electron chi connectivity index (χ3n) is 4.37. The van der Waals surface area contributed by atoms with Gasteiger partial charge in [-0.2, -0.15) is 0 Å². The molecule has 2 aromatic carbocycles. The van der Waals surface area contributed by atoms with Crippen LogP contribution in [0.15, 0.2) is 67.0 Å². The summed E-state index contributed by atoms with van der Waals surface area (Å²) in [5.41, 5.74) is 1.77. The summed E-state index contributed by atoms with van der Waals surface area (Å²) >= 11 is 6.30. The van der Waals surface area contributed by atoms with Crippen LogP contribution in [0.25, 0.3) is 16.9 Å². The molecule has 0 aliphatic rings. The van der Waals surface area contributed by atoms with Gasteiger partial charge in [0.25, 0.3) is 5.91 Å². The quantitative estimate of drug-likeness (QED) is 0.520. The van der Waals surface area contributed by atoms with Crippen LogP contribution in [0.4, 0.5) is 8.78 Å². The number of benzene rings is 2. The molecule has 0 fully saturated rings. The SMILES string of the molecule is O=C(NCc1ccc(F)cc1F)c1nnn(-c2ccccc2Cl)c1-c1ccncc1. The van der Waals surface area contributed by atoms with Gasteiger partial charge in [0.2, 0.25) is 0 Å². The average Bonchev–Trinajstić information content (AvgIpc) is 3.19.